The van der Waals surface area contributed by atoms with Crippen LogP contribution < -0.4 is 5.32 Å². The summed E-state index contributed by atoms with van der Waals surface area (Å²) in [5.74, 6) is -3.16. The van der Waals surface area contributed by atoms with Gasteiger partial charge in [-0.15, -0.1) is 13.2 Å². The highest BCUT2D eigenvalue weighted by molar-refractivity contribution is 9.09. The molecule has 2 bridgehead atoms. The van der Waals surface area contributed by atoms with Crippen molar-refractivity contribution < 1.29 is 33.8 Å². The number of halogens is 1. The molecule has 52 heavy (non-hydrogen) atoms. The Balaban J connectivity index is 1.72. The number of rotatable bonds is 19. The Kier molecular flexibility index (Phi) is 14.0. The number of ether oxygens (including phenoxy) is 2. The number of likely N-dealkylation sites (tertiary alicyclic amines) is 1. The number of unbranched alkanes of at least 4 members (excludes halogenated alkanes) is 3. The van der Waals surface area contributed by atoms with Crippen LogP contribution in [-0.2, 0) is 28.7 Å². The highest BCUT2D eigenvalue weighted by atomic mass is 79.9. The second-order valence-electron chi connectivity index (χ2n) is 16.6. The second kappa shape index (κ2) is 17.4. The van der Waals surface area contributed by atoms with Crippen LogP contribution in [0.3, 0.4) is 0 Å². The molecule has 1 unspecified atom stereocenters. The van der Waals surface area contributed by atoms with Gasteiger partial charge in [0.25, 0.3) is 0 Å². The van der Waals surface area contributed by atoms with Crippen LogP contribution in [-0.4, -0.2) is 92.4 Å². The van der Waals surface area contributed by atoms with Crippen LogP contribution >= 0.6 is 15.9 Å². The number of alkyl halides is 1. The quantitative estimate of drug-likeness (QED) is 0.0733. The highest BCUT2D eigenvalue weighted by Gasteiger charge is 2.77. The Morgan fingerprint density at radius 1 is 1.12 bits per heavy atom. The van der Waals surface area contributed by atoms with Crippen LogP contribution in [0.25, 0.3) is 0 Å². The fourth-order valence-electron chi connectivity index (χ4n) is 8.91. The topological polar surface area (TPSA) is 125 Å². The van der Waals surface area contributed by atoms with Gasteiger partial charge in [-0.05, 0) is 63.9 Å². The maximum absolute atomic E-state index is 15.1. The third-order valence-electron chi connectivity index (χ3n) is 10.7. The van der Waals surface area contributed by atoms with Gasteiger partial charge < -0.3 is 29.7 Å². The van der Waals surface area contributed by atoms with Gasteiger partial charge in [-0.25, -0.2) is 0 Å². The molecule has 0 radical (unpaired) electrons. The Hall–Kier alpha value is -3.02. The molecule has 3 fully saturated rings. The van der Waals surface area contributed by atoms with E-state index in [4.69, 9.17) is 9.47 Å². The van der Waals surface area contributed by atoms with E-state index in [1.807, 2.05) is 49.1 Å². The molecule has 0 aliphatic carbocycles. The van der Waals surface area contributed by atoms with Crippen molar-refractivity contribution in [2.24, 2.45) is 17.3 Å². The third kappa shape index (κ3) is 9.01. The molecule has 0 saturated carbocycles. The minimum Gasteiger partial charge on any atom is -0.455 e. The molecule has 3 amide bonds. The predicted molar refractivity (Wildman–Crippen MR) is 205 cm³/mol. The molecule has 1 aromatic rings. The molecule has 288 valence electrons. The molecule has 10 nitrogen and oxygen atoms in total. The molecule has 0 aromatic heterocycles. The van der Waals surface area contributed by atoms with Crippen LogP contribution in [0.5, 0.6) is 0 Å². The van der Waals surface area contributed by atoms with Crippen LogP contribution in [0.1, 0.15) is 105 Å². The van der Waals surface area contributed by atoms with Gasteiger partial charge in [0.1, 0.15) is 17.7 Å². The van der Waals surface area contributed by atoms with Crippen molar-refractivity contribution in [1.82, 2.24) is 15.1 Å². The zero-order chi connectivity index (χ0) is 38.4. The number of amides is 3. The molecule has 4 rings (SSSR count). The SMILES string of the molecule is C=CCCC(=O)N[C@@H](C)[C@H](OC(=O)[C@H]1[C@@H]2O[C@@]3(CC2Br)[C@@H]1C(=O)N(CCCCCCO)[C@@H]3C(=O)N(CC=C)C(C)(C)CC(C)(C)C)c1ccccc1. The Morgan fingerprint density at radius 3 is 2.40 bits per heavy atom. The summed E-state index contributed by atoms with van der Waals surface area (Å²) < 4.78 is 13.1. The fourth-order valence-corrected chi connectivity index (χ4v) is 9.85. The Labute approximate surface area is 318 Å². The molecule has 3 aliphatic rings. The molecule has 1 spiro atoms. The first-order valence-corrected chi connectivity index (χ1v) is 19.8. The maximum Gasteiger partial charge on any atom is 0.313 e. The number of hydrogen-bond acceptors (Lipinski definition) is 7. The van der Waals surface area contributed by atoms with Gasteiger partial charge >= 0.3 is 5.97 Å². The van der Waals surface area contributed by atoms with Crippen molar-refractivity contribution in [3.05, 3.63) is 61.2 Å². The maximum atomic E-state index is 15.1. The molecule has 8 atom stereocenters. The van der Waals surface area contributed by atoms with E-state index in [0.717, 1.165) is 12.8 Å². The van der Waals surface area contributed by atoms with Crippen LogP contribution in [0.2, 0.25) is 0 Å². The van der Waals surface area contributed by atoms with Crippen LogP contribution in [0, 0.1) is 17.3 Å². The number of hydrogen-bond donors (Lipinski definition) is 2. The van der Waals surface area contributed by atoms with E-state index < -0.39 is 53.2 Å². The number of nitrogens with zero attached hydrogens (tertiary/aromatic N) is 2. The number of aliphatic hydroxyl groups is 1. The zero-order valence-electron chi connectivity index (χ0n) is 31.9. The lowest BCUT2D eigenvalue weighted by Crippen LogP contribution is -2.61. The third-order valence-corrected chi connectivity index (χ3v) is 11.5. The molecule has 1 aromatic carbocycles. The lowest BCUT2D eigenvalue weighted by atomic mass is 9.70. The van der Waals surface area contributed by atoms with E-state index in [1.165, 1.54) is 0 Å². The predicted octanol–water partition coefficient (Wildman–Crippen LogP) is 6.27. The summed E-state index contributed by atoms with van der Waals surface area (Å²) >= 11 is 3.78. The average molecular weight is 787 g/mol. The monoisotopic (exact) mass is 785 g/mol. The number of benzene rings is 1. The van der Waals surface area contributed by atoms with Crippen molar-refractivity contribution in [2.75, 3.05) is 19.7 Å². The largest absolute Gasteiger partial charge is 0.455 e. The summed E-state index contributed by atoms with van der Waals surface area (Å²) in [6.45, 7) is 20.7. The summed E-state index contributed by atoms with van der Waals surface area (Å²) in [7, 11) is 0. The van der Waals surface area contributed by atoms with E-state index in [1.54, 1.807) is 24.0 Å². The lowest BCUT2D eigenvalue weighted by Gasteiger charge is -2.45. The second-order valence-corrected chi connectivity index (χ2v) is 17.7. The molecular formula is C41H60BrN3O7. The fraction of sp³-hybridized carbons (Fsp3) is 0.659. The van der Waals surface area contributed by atoms with Crippen molar-refractivity contribution in [3.8, 4) is 0 Å². The number of aliphatic hydroxyl groups excluding tert-OH is 1. The van der Waals surface area contributed by atoms with Gasteiger partial charge in [0.15, 0.2) is 0 Å². The summed E-state index contributed by atoms with van der Waals surface area (Å²) in [6.07, 6.45) is 6.62. The van der Waals surface area contributed by atoms with Crippen molar-refractivity contribution >= 4 is 39.6 Å². The molecule has 3 saturated heterocycles. The smallest absolute Gasteiger partial charge is 0.313 e. The zero-order valence-corrected chi connectivity index (χ0v) is 33.5. The molecule has 3 heterocycles. The summed E-state index contributed by atoms with van der Waals surface area (Å²) in [4.78, 5) is 60.3. The van der Waals surface area contributed by atoms with Crippen LogP contribution in [0.15, 0.2) is 55.6 Å². The van der Waals surface area contributed by atoms with E-state index in [2.05, 4.69) is 55.2 Å². The summed E-state index contributed by atoms with van der Waals surface area (Å²) in [5.41, 5.74) is -1.20. The van der Waals surface area contributed by atoms with Gasteiger partial charge in [-0.2, -0.15) is 0 Å². The van der Waals surface area contributed by atoms with Crippen molar-refractivity contribution in [1.29, 1.82) is 0 Å². The number of carbonyl (C=O) groups excluding carboxylic acids is 4. The first kappa shape index (κ1) is 41.7. The molecule has 2 N–H and O–H groups in total. The Morgan fingerprint density at radius 2 is 1.79 bits per heavy atom. The van der Waals surface area contributed by atoms with E-state index in [-0.39, 0.29) is 41.0 Å². The minimum absolute atomic E-state index is 0.0857. The van der Waals surface area contributed by atoms with Gasteiger partial charge in [-0.3, -0.25) is 19.2 Å². The lowest BCUT2D eigenvalue weighted by molar-refractivity contribution is -0.162. The summed E-state index contributed by atoms with van der Waals surface area (Å²) in [5, 5.41) is 12.3. The minimum atomic E-state index is -1.24. The molecule has 3 aliphatic heterocycles. The molecule has 11 heteroatoms. The first-order valence-electron chi connectivity index (χ1n) is 18.8. The van der Waals surface area contributed by atoms with Gasteiger partial charge in [0.05, 0.1) is 24.0 Å². The van der Waals surface area contributed by atoms with Crippen molar-refractivity contribution in [3.63, 3.8) is 0 Å². The number of nitrogens with one attached hydrogen (secondary N) is 1. The van der Waals surface area contributed by atoms with Gasteiger partial charge in [0.2, 0.25) is 17.7 Å². The molecular weight excluding hydrogens is 726 g/mol. The van der Waals surface area contributed by atoms with E-state index >= 15 is 4.79 Å². The normalized spacial score (nSPS) is 26.4. The highest BCUT2D eigenvalue weighted by Crippen LogP contribution is 2.61. The number of carbonyl (C=O) groups is 4. The average Bonchev–Trinajstić information content (AvgIpc) is 3.66. The number of allylic oxidation sites excluding steroid dienone is 1. The van der Waals surface area contributed by atoms with Gasteiger partial charge in [-0.1, -0.05) is 92.0 Å². The van der Waals surface area contributed by atoms with Gasteiger partial charge in [0, 0.05) is 36.5 Å². The Bertz CT molecular complexity index is 1450. The number of fused-ring (bicyclic) bond motifs is 1. The van der Waals surface area contributed by atoms with E-state index in [0.29, 0.717) is 50.8 Å². The standard InChI is InChI=1S/C41H60BrN3O7/c1-9-11-21-30(47)43-27(3)33(28-19-15-14-16-20-28)51-38(50)31-32-36(48)44(23-17-12-13-18-24-46)35(41(32)25-29(42)34(31)52-41)37(49)45(22-10-2)40(7,8)26-39(4,5)6/h9-10,14-16,19-20,27,29,31-35,46H,1-2,11-13,17-18,21-26H2,3-8H3,(H,43,47)/t27-,29?,31+,32-,33-,34+,35+,41-/m0/s1. The first-order chi connectivity index (χ1) is 24.5. The number of esters is 1. The van der Waals surface area contributed by atoms with Crippen LogP contribution in [0.4, 0.5) is 0 Å². The van der Waals surface area contributed by atoms with Crippen molar-refractivity contribution in [2.45, 2.75) is 133 Å². The summed E-state index contributed by atoms with van der Waals surface area (Å²) in [6, 6.07) is 7.73. The van der Waals surface area contributed by atoms with E-state index in [9.17, 15) is 19.5 Å².